The van der Waals surface area contributed by atoms with Gasteiger partial charge in [0.05, 0.1) is 11.7 Å². The summed E-state index contributed by atoms with van der Waals surface area (Å²) in [5, 5.41) is 14.1. The topological polar surface area (TPSA) is 69.8 Å². The van der Waals surface area contributed by atoms with E-state index in [0.29, 0.717) is 12.5 Å². The molecule has 0 bridgehead atoms. The van der Waals surface area contributed by atoms with Gasteiger partial charge in [-0.05, 0) is 37.6 Å². The molecule has 3 N–H and O–H groups in total. The van der Waals surface area contributed by atoms with Gasteiger partial charge >= 0.3 is 0 Å². The van der Waals surface area contributed by atoms with E-state index in [0.717, 1.165) is 29.6 Å². The second kappa shape index (κ2) is 4.78. The van der Waals surface area contributed by atoms with E-state index in [4.69, 9.17) is 0 Å². The van der Waals surface area contributed by atoms with Gasteiger partial charge in [-0.15, -0.1) is 0 Å². The highest BCUT2D eigenvalue weighted by Crippen LogP contribution is 2.17. The van der Waals surface area contributed by atoms with Crippen LogP contribution in [0, 0.1) is 0 Å². The Labute approximate surface area is 105 Å². The lowest BCUT2D eigenvalue weighted by molar-refractivity contribution is -0.116. The van der Waals surface area contributed by atoms with Gasteiger partial charge in [-0.3, -0.25) is 9.89 Å². The first-order chi connectivity index (χ1) is 8.81. The minimum Gasteiger partial charge on any atom is -0.326 e. The van der Waals surface area contributed by atoms with Crippen molar-refractivity contribution in [2.24, 2.45) is 0 Å². The molecule has 1 atom stereocenters. The minimum atomic E-state index is 0.0669. The smallest absolute Gasteiger partial charge is 0.225 e. The molecule has 2 aromatic rings. The largest absolute Gasteiger partial charge is 0.326 e. The van der Waals surface area contributed by atoms with Crippen molar-refractivity contribution in [3.63, 3.8) is 0 Å². The van der Waals surface area contributed by atoms with Gasteiger partial charge in [-0.1, -0.05) is 0 Å². The number of anilines is 1. The maximum Gasteiger partial charge on any atom is 0.225 e. The summed E-state index contributed by atoms with van der Waals surface area (Å²) in [5.74, 6) is 0.0669. The van der Waals surface area contributed by atoms with Crippen LogP contribution in [0.1, 0.15) is 19.3 Å². The van der Waals surface area contributed by atoms with Crippen LogP contribution in [0.15, 0.2) is 24.4 Å². The number of fused-ring (bicyclic) bond motifs is 1. The number of benzene rings is 1. The van der Waals surface area contributed by atoms with Crippen LogP contribution in [0.25, 0.3) is 10.9 Å². The molecule has 0 radical (unpaired) electrons. The van der Waals surface area contributed by atoms with E-state index in [1.807, 2.05) is 18.2 Å². The number of amides is 1. The van der Waals surface area contributed by atoms with Gasteiger partial charge < -0.3 is 10.6 Å². The average molecular weight is 244 g/mol. The lowest BCUT2D eigenvalue weighted by Gasteiger charge is -2.10. The fraction of sp³-hybridized carbons (Fsp3) is 0.385. The van der Waals surface area contributed by atoms with Crippen LogP contribution in [-0.4, -0.2) is 28.7 Å². The van der Waals surface area contributed by atoms with Crippen molar-refractivity contribution in [1.82, 2.24) is 15.5 Å². The Morgan fingerprint density at radius 3 is 3.28 bits per heavy atom. The molecule has 2 heterocycles. The standard InChI is InChI=1S/C13H16N4O/c18-13(7-10-2-1-5-14-10)16-11-3-4-12-9(6-11)8-15-17-12/h3-4,6,8,10,14H,1-2,5,7H2,(H,15,17)(H,16,18)/t10-/m1/s1. The molecule has 5 heteroatoms. The van der Waals surface area contributed by atoms with Crippen molar-refractivity contribution in [3.05, 3.63) is 24.4 Å². The van der Waals surface area contributed by atoms with E-state index in [1.165, 1.54) is 6.42 Å². The molecule has 1 amide bonds. The Hall–Kier alpha value is -1.88. The van der Waals surface area contributed by atoms with E-state index >= 15 is 0 Å². The zero-order valence-electron chi connectivity index (χ0n) is 10.1. The van der Waals surface area contributed by atoms with Gasteiger partial charge in [-0.25, -0.2) is 0 Å². The maximum absolute atomic E-state index is 11.9. The van der Waals surface area contributed by atoms with Crippen LogP contribution < -0.4 is 10.6 Å². The van der Waals surface area contributed by atoms with Crippen molar-refractivity contribution in [2.75, 3.05) is 11.9 Å². The predicted molar refractivity (Wildman–Crippen MR) is 70.4 cm³/mol. The van der Waals surface area contributed by atoms with E-state index in [-0.39, 0.29) is 5.91 Å². The maximum atomic E-state index is 11.9. The number of H-pyrrole nitrogens is 1. The highest BCUT2D eigenvalue weighted by atomic mass is 16.1. The number of carbonyl (C=O) groups excluding carboxylic acids is 1. The molecule has 1 saturated heterocycles. The zero-order chi connectivity index (χ0) is 12.4. The SMILES string of the molecule is O=C(C[C@H]1CCCN1)Nc1ccc2[nH]ncc2c1. The molecule has 1 aliphatic rings. The normalized spacial score (nSPS) is 19.2. The number of aromatic nitrogens is 2. The van der Waals surface area contributed by atoms with Crippen molar-refractivity contribution >= 4 is 22.5 Å². The third kappa shape index (κ3) is 2.36. The molecule has 0 saturated carbocycles. The number of hydrogen-bond acceptors (Lipinski definition) is 3. The van der Waals surface area contributed by atoms with Crippen molar-refractivity contribution in [2.45, 2.75) is 25.3 Å². The van der Waals surface area contributed by atoms with Gasteiger partial charge in [0.25, 0.3) is 0 Å². The minimum absolute atomic E-state index is 0.0669. The molecule has 0 aliphatic carbocycles. The van der Waals surface area contributed by atoms with Crippen molar-refractivity contribution < 1.29 is 4.79 Å². The van der Waals surface area contributed by atoms with E-state index in [9.17, 15) is 4.79 Å². The van der Waals surface area contributed by atoms with Gasteiger partial charge in [-0.2, -0.15) is 5.10 Å². The number of aromatic amines is 1. The van der Waals surface area contributed by atoms with Crippen LogP contribution in [-0.2, 0) is 4.79 Å². The highest BCUT2D eigenvalue weighted by molar-refractivity contribution is 5.93. The molecule has 5 nitrogen and oxygen atoms in total. The molecule has 3 rings (SSSR count). The van der Waals surface area contributed by atoms with Crippen molar-refractivity contribution in [1.29, 1.82) is 0 Å². The Bertz CT molecular complexity index is 557. The third-order valence-corrected chi connectivity index (χ3v) is 3.32. The second-order valence-electron chi connectivity index (χ2n) is 4.72. The summed E-state index contributed by atoms with van der Waals surface area (Å²) in [6, 6.07) is 6.08. The van der Waals surface area contributed by atoms with E-state index in [1.54, 1.807) is 6.20 Å². The van der Waals surface area contributed by atoms with Crippen LogP contribution in [0.5, 0.6) is 0 Å². The van der Waals surface area contributed by atoms with E-state index < -0.39 is 0 Å². The fourth-order valence-corrected chi connectivity index (χ4v) is 2.39. The second-order valence-corrected chi connectivity index (χ2v) is 4.72. The molecule has 1 aromatic heterocycles. The lowest BCUT2D eigenvalue weighted by atomic mass is 10.1. The molecular formula is C13H16N4O. The van der Waals surface area contributed by atoms with E-state index in [2.05, 4.69) is 20.8 Å². The number of hydrogen-bond donors (Lipinski definition) is 3. The molecular weight excluding hydrogens is 228 g/mol. The molecule has 0 unspecified atom stereocenters. The first-order valence-electron chi connectivity index (χ1n) is 6.27. The monoisotopic (exact) mass is 244 g/mol. The Kier molecular flexibility index (Phi) is 2.98. The number of rotatable bonds is 3. The number of nitrogens with zero attached hydrogens (tertiary/aromatic N) is 1. The molecule has 94 valence electrons. The quantitative estimate of drug-likeness (QED) is 0.768. The molecule has 1 aromatic carbocycles. The molecule has 0 spiro atoms. The molecule has 1 fully saturated rings. The van der Waals surface area contributed by atoms with Gasteiger partial charge in [0, 0.05) is 23.5 Å². The summed E-state index contributed by atoms with van der Waals surface area (Å²) in [7, 11) is 0. The Morgan fingerprint density at radius 1 is 1.50 bits per heavy atom. The molecule has 18 heavy (non-hydrogen) atoms. The first kappa shape index (κ1) is 11.2. The Balaban J connectivity index is 1.65. The first-order valence-corrected chi connectivity index (χ1v) is 6.27. The summed E-state index contributed by atoms with van der Waals surface area (Å²) in [4.78, 5) is 11.9. The number of carbonyl (C=O) groups is 1. The highest BCUT2D eigenvalue weighted by Gasteiger charge is 2.17. The molecule has 1 aliphatic heterocycles. The summed E-state index contributed by atoms with van der Waals surface area (Å²) in [6.45, 7) is 1.03. The summed E-state index contributed by atoms with van der Waals surface area (Å²) in [6.07, 6.45) is 4.56. The van der Waals surface area contributed by atoms with Crippen LogP contribution in [0.4, 0.5) is 5.69 Å². The summed E-state index contributed by atoms with van der Waals surface area (Å²) >= 11 is 0. The van der Waals surface area contributed by atoms with Gasteiger partial charge in [0.2, 0.25) is 5.91 Å². The van der Waals surface area contributed by atoms with Gasteiger partial charge in [0.15, 0.2) is 0 Å². The predicted octanol–water partition coefficient (Wildman–Crippen LogP) is 1.64. The fourth-order valence-electron chi connectivity index (χ4n) is 2.39. The van der Waals surface area contributed by atoms with Crippen LogP contribution >= 0.6 is 0 Å². The van der Waals surface area contributed by atoms with Crippen LogP contribution in [0.3, 0.4) is 0 Å². The average Bonchev–Trinajstić information content (AvgIpc) is 2.98. The lowest BCUT2D eigenvalue weighted by Crippen LogP contribution is -2.27. The zero-order valence-corrected chi connectivity index (χ0v) is 10.1. The van der Waals surface area contributed by atoms with Crippen molar-refractivity contribution in [3.8, 4) is 0 Å². The Morgan fingerprint density at radius 2 is 2.44 bits per heavy atom. The number of nitrogens with one attached hydrogen (secondary N) is 3. The third-order valence-electron chi connectivity index (χ3n) is 3.32. The summed E-state index contributed by atoms with van der Waals surface area (Å²) < 4.78 is 0. The summed E-state index contributed by atoms with van der Waals surface area (Å²) in [5.41, 5.74) is 1.80. The van der Waals surface area contributed by atoms with Gasteiger partial charge in [0.1, 0.15) is 0 Å². The van der Waals surface area contributed by atoms with Crippen LogP contribution in [0.2, 0.25) is 0 Å².